The Hall–Kier alpha value is -4.78. The Morgan fingerprint density at radius 2 is 1.89 bits per heavy atom. The normalized spacial score (nSPS) is 16.8. The molecular weight excluding hydrogens is 584 g/mol. The minimum absolute atomic E-state index is 0.0114. The number of fused-ring (bicyclic) bond motifs is 1. The minimum atomic E-state index is -2.00. The molecule has 44 heavy (non-hydrogen) atoms. The molecule has 0 aliphatic carbocycles. The molecule has 1 aromatic carbocycles. The summed E-state index contributed by atoms with van der Waals surface area (Å²) in [6.07, 6.45) is -4.61. The first-order chi connectivity index (χ1) is 20.8. The van der Waals surface area contributed by atoms with Crippen LogP contribution in [0.5, 0.6) is 0 Å². The fourth-order valence-electron chi connectivity index (χ4n) is 4.26. The standard InChI is InChI=1S/C26H36N8O10/c1-34-14(9-30-22-19(34)24(41)33-26(28)32-22)8-29-13-4-2-12(3-5-13)23(40)31-16(25(42)43)6-7-18(37)44-11-17(36)21(39)20(38)15(27)10-35/h2-5,14-16,20-21,29,35,38-39H,6-11,27H2,1H3,(H,31,40)(H,42,43)(H4,28,30,32,33,41)/t14?,15-,16?,20+,21+/m0/s1. The SMILES string of the molecule is CN1c2c(nc(N)[nH]c2=O)NCC1CNc1ccc(C(=O)NC(CCC(=O)OCC(=O)[C@@H](O)[C@H](O)[C@@H](N)CO)C(=O)O)cc1. The molecule has 5 atom stereocenters. The number of nitrogens with one attached hydrogen (secondary N) is 4. The maximum atomic E-state index is 12.7. The molecule has 2 unspecified atom stereocenters. The lowest BCUT2D eigenvalue weighted by molar-refractivity contribution is -0.153. The predicted molar refractivity (Wildman–Crippen MR) is 156 cm³/mol. The van der Waals surface area contributed by atoms with Gasteiger partial charge in [-0.2, -0.15) is 4.98 Å². The highest BCUT2D eigenvalue weighted by atomic mass is 16.5. The molecule has 3 rings (SSSR count). The van der Waals surface area contributed by atoms with Crippen molar-refractivity contribution < 1.29 is 44.3 Å². The van der Waals surface area contributed by atoms with Crippen LogP contribution in [0.2, 0.25) is 0 Å². The lowest BCUT2D eigenvalue weighted by atomic mass is 10.0. The Kier molecular flexibility index (Phi) is 11.6. The number of nitrogen functional groups attached to an aromatic ring is 1. The van der Waals surface area contributed by atoms with Gasteiger partial charge < -0.3 is 57.5 Å². The topological polar surface area (TPSA) is 296 Å². The largest absolute Gasteiger partial charge is 0.480 e. The molecule has 0 fully saturated rings. The summed E-state index contributed by atoms with van der Waals surface area (Å²) in [5.41, 5.74) is 11.8. The van der Waals surface area contributed by atoms with E-state index in [9.17, 15) is 39.3 Å². The van der Waals surface area contributed by atoms with Crippen LogP contribution in [-0.2, 0) is 19.1 Å². The smallest absolute Gasteiger partial charge is 0.326 e. The number of aromatic amines is 1. The zero-order valence-electron chi connectivity index (χ0n) is 23.7. The summed E-state index contributed by atoms with van der Waals surface area (Å²) in [6, 6.07) is 3.34. The van der Waals surface area contributed by atoms with E-state index in [0.29, 0.717) is 30.3 Å². The fraction of sp³-hybridized carbons (Fsp3) is 0.462. The molecule has 12 N–H and O–H groups in total. The van der Waals surface area contributed by atoms with Gasteiger partial charge in [-0.1, -0.05) is 0 Å². The number of nitrogens with two attached hydrogens (primary N) is 2. The average molecular weight is 621 g/mol. The van der Waals surface area contributed by atoms with Gasteiger partial charge in [0.2, 0.25) is 11.7 Å². The zero-order chi connectivity index (χ0) is 32.6. The van der Waals surface area contributed by atoms with Gasteiger partial charge in [0.25, 0.3) is 11.5 Å². The highest BCUT2D eigenvalue weighted by Gasteiger charge is 2.30. The molecule has 1 amide bonds. The molecule has 1 aliphatic rings. The molecule has 0 spiro atoms. The second kappa shape index (κ2) is 15.1. The van der Waals surface area contributed by atoms with Crippen molar-refractivity contribution in [3.63, 3.8) is 0 Å². The summed E-state index contributed by atoms with van der Waals surface area (Å²) in [5, 5.41) is 46.4. The highest BCUT2D eigenvalue weighted by Crippen LogP contribution is 2.25. The van der Waals surface area contributed by atoms with Crippen molar-refractivity contribution in [3.05, 3.63) is 40.2 Å². The second-order valence-corrected chi connectivity index (χ2v) is 10.1. The molecule has 2 heterocycles. The Morgan fingerprint density at radius 1 is 1.20 bits per heavy atom. The first kappa shape index (κ1) is 33.7. The van der Waals surface area contributed by atoms with E-state index >= 15 is 0 Å². The van der Waals surface area contributed by atoms with Crippen molar-refractivity contribution in [1.29, 1.82) is 0 Å². The van der Waals surface area contributed by atoms with E-state index in [1.165, 1.54) is 12.1 Å². The minimum Gasteiger partial charge on any atom is -0.480 e. The first-order valence-electron chi connectivity index (χ1n) is 13.5. The van der Waals surface area contributed by atoms with Crippen molar-refractivity contribution in [3.8, 4) is 0 Å². The second-order valence-electron chi connectivity index (χ2n) is 10.1. The van der Waals surface area contributed by atoms with Crippen LogP contribution < -0.4 is 37.9 Å². The molecule has 1 aliphatic heterocycles. The number of H-pyrrole nitrogens is 1. The summed E-state index contributed by atoms with van der Waals surface area (Å²) >= 11 is 0. The highest BCUT2D eigenvalue weighted by molar-refractivity contribution is 5.97. The van der Waals surface area contributed by atoms with Gasteiger partial charge in [0.05, 0.1) is 18.7 Å². The first-order valence-corrected chi connectivity index (χ1v) is 13.5. The third-order valence-corrected chi connectivity index (χ3v) is 6.93. The number of amides is 1. The van der Waals surface area contributed by atoms with Crippen molar-refractivity contribution >= 4 is 46.8 Å². The zero-order valence-corrected chi connectivity index (χ0v) is 23.7. The van der Waals surface area contributed by atoms with Crippen LogP contribution in [0.4, 0.5) is 23.1 Å². The number of carboxylic acids is 1. The van der Waals surface area contributed by atoms with E-state index < -0.39 is 67.6 Å². The van der Waals surface area contributed by atoms with Gasteiger partial charge in [0.15, 0.2) is 12.4 Å². The Morgan fingerprint density at radius 3 is 2.52 bits per heavy atom. The monoisotopic (exact) mass is 620 g/mol. The van der Waals surface area contributed by atoms with Crippen LogP contribution in [0.15, 0.2) is 29.1 Å². The van der Waals surface area contributed by atoms with Gasteiger partial charge in [-0.25, -0.2) is 4.79 Å². The third kappa shape index (κ3) is 8.63. The van der Waals surface area contributed by atoms with E-state index in [2.05, 4.69) is 25.9 Å². The van der Waals surface area contributed by atoms with Gasteiger partial charge in [-0.15, -0.1) is 0 Å². The number of ether oxygens (including phenoxy) is 1. The number of likely N-dealkylation sites (N-methyl/N-ethyl adjacent to an activating group) is 1. The molecule has 18 nitrogen and oxygen atoms in total. The van der Waals surface area contributed by atoms with Gasteiger partial charge in [0.1, 0.15) is 23.9 Å². The van der Waals surface area contributed by atoms with E-state index in [-0.39, 0.29) is 29.5 Å². The number of Topliss-reactive ketones (excluding diaryl/α,β-unsaturated/α-hetero) is 1. The molecule has 0 radical (unpaired) electrons. The number of hydrogen-bond acceptors (Lipinski definition) is 15. The average Bonchev–Trinajstić information content (AvgIpc) is 2.99. The fourth-order valence-corrected chi connectivity index (χ4v) is 4.26. The molecule has 0 saturated heterocycles. The number of aliphatic carboxylic acids is 1. The summed E-state index contributed by atoms with van der Waals surface area (Å²) in [7, 11) is 1.76. The summed E-state index contributed by atoms with van der Waals surface area (Å²) in [6.45, 7) is -0.695. The number of hydrogen-bond donors (Lipinski definition) is 10. The van der Waals surface area contributed by atoms with E-state index in [0.717, 1.165) is 0 Å². The van der Waals surface area contributed by atoms with Crippen molar-refractivity contribution in [2.45, 2.75) is 43.2 Å². The number of anilines is 4. The number of ketones is 1. The quantitative estimate of drug-likeness (QED) is 0.0877. The maximum Gasteiger partial charge on any atom is 0.326 e. The molecule has 1 aromatic heterocycles. The molecular formula is C26H36N8O10. The molecule has 240 valence electrons. The number of nitrogens with zero attached hydrogens (tertiary/aromatic N) is 2. The van der Waals surface area contributed by atoms with E-state index in [1.807, 2.05) is 0 Å². The lowest BCUT2D eigenvalue weighted by Gasteiger charge is -2.35. The lowest BCUT2D eigenvalue weighted by Crippen LogP contribution is -2.49. The van der Waals surface area contributed by atoms with Gasteiger partial charge in [-0.3, -0.25) is 24.2 Å². The molecule has 18 heteroatoms. The van der Waals surface area contributed by atoms with Gasteiger partial charge in [0, 0.05) is 37.8 Å². The van der Waals surface area contributed by atoms with Crippen LogP contribution >= 0.6 is 0 Å². The van der Waals surface area contributed by atoms with Crippen molar-refractivity contribution in [2.24, 2.45) is 5.73 Å². The van der Waals surface area contributed by atoms with Gasteiger partial charge >= 0.3 is 11.9 Å². The number of carbonyl (C=O) groups is 4. The van der Waals surface area contributed by atoms with Crippen LogP contribution in [0.25, 0.3) is 0 Å². The Bertz CT molecular complexity index is 1400. The van der Waals surface area contributed by atoms with Gasteiger partial charge in [-0.05, 0) is 30.7 Å². The molecule has 0 saturated carbocycles. The van der Waals surface area contributed by atoms with E-state index in [1.54, 1.807) is 24.1 Å². The number of rotatable bonds is 15. The van der Waals surface area contributed by atoms with Crippen LogP contribution in [0.3, 0.4) is 0 Å². The summed E-state index contributed by atoms with van der Waals surface area (Å²) in [5.74, 6) is -3.75. The molecule has 0 bridgehead atoms. The van der Waals surface area contributed by atoms with Crippen molar-refractivity contribution in [1.82, 2.24) is 15.3 Å². The number of aliphatic hydroxyl groups is 3. The summed E-state index contributed by atoms with van der Waals surface area (Å²) < 4.78 is 4.72. The van der Waals surface area contributed by atoms with E-state index in [4.69, 9.17) is 21.3 Å². The predicted octanol–water partition coefficient (Wildman–Crippen LogP) is -3.19. The number of benzene rings is 1. The van der Waals surface area contributed by atoms with Crippen LogP contribution in [-0.4, -0.2) is 118 Å². The molecule has 2 aromatic rings. The number of carbonyl (C=O) groups excluding carboxylic acids is 3. The summed E-state index contributed by atoms with van der Waals surface area (Å²) in [4.78, 5) is 68.9. The Labute approximate surface area is 250 Å². The third-order valence-electron chi connectivity index (χ3n) is 6.93. The van der Waals surface area contributed by atoms with Crippen molar-refractivity contribution in [2.75, 3.05) is 54.6 Å². The Balaban J connectivity index is 1.47. The number of esters is 1. The maximum absolute atomic E-state index is 12.7. The van der Waals surface area contributed by atoms with Crippen LogP contribution in [0.1, 0.15) is 23.2 Å². The number of aliphatic hydroxyl groups excluding tert-OH is 3. The van der Waals surface area contributed by atoms with Crippen LogP contribution in [0, 0.1) is 0 Å². The number of carboxylic acid groups (broad SMARTS) is 1. The number of aromatic nitrogens is 2.